The van der Waals surface area contributed by atoms with Crippen molar-refractivity contribution in [2.24, 2.45) is 11.7 Å². The maximum absolute atomic E-state index is 12.8. The van der Waals surface area contributed by atoms with Crippen LogP contribution in [0.4, 0.5) is 0 Å². The standard InChI is InChI=1S/C18H22N2O/c19-11-3-6-14-5-1-8-16(13-14)18(21)20-12-4-9-15-7-2-10-17(15)20/h1,5,8,13,15,17H,2,4,7,9-12,19H2. The number of benzene rings is 1. The number of nitrogens with zero attached hydrogens (tertiary/aromatic N) is 1. The molecule has 21 heavy (non-hydrogen) atoms. The van der Waals surface area contributed by atoms with Crippen LogP contribution in [0.15, 0.2) is 24.3 Å². The molecule has 1 saturated carbocycles. The van der Waals surface area contributed by atoms with Crippen molar-refractivity contribution in [3.63, 3.8) is 0 Å². The van der Waals surface area contributed by atoms with E-state index in [9.17, 15) is 4.79 Å². The van der Waals surface area contributed by atoms with Crippen LogP contribution in [0, 0.1) is 17.8 Å². The van der Waals surface area contributed by atoms with E-state index >= 15 is 0 Å². The molecule has 110 valence electrons. The predicted molar refractivity (Wildman–Crippen MR) is 83.8 cm³/mol. The van der Waals surface area contributed by atoms with Crippen molar-refractivity contribution in [1.82, 2.24) is 4.90 Å². The molecule has 3 nitrogen and oxygen atoms in total. The lowest BCUT2D eigenvalue weighted by Gasteiger charge is -2.37. The maximum atomic E-state index is 12.8. The van der Waals surface area contributed by atoms with Gasteiger partial charge in [-0.1, -0.05) is 24.3 Å². The van der Waals surface area contributed by atoms with Gasteiger partial charge >= 0.3 is 0 Å². The number of carbonyl (C=O) groups is 1. The number of fused-ring (bicyclic) bond motifs is 1. The Labute approximate surface area is 126 Å². The summed E-state index contributed by atoms with van der Waals surface area (Å²) in [6.45, 7) is 1.24. The highest BCUT2D eigenvalue weighted by atomic mass is 16.2. The minimum atomic E-state index is 0.169. The summed E-state index contributed by atoms with van der Waals surface area (Å²) in [4.78, 5) is 14.9. The summed E-state index contributed by atoms with van der Waals surface area (Å²) in [7, 11) is 0. The van der Waals surface area contributed by atoms with Gasteiger partial charge in [0.1, 0.15) is 0 Å². The molecule has 1 heterocycles. The monoisotopic (exact) mass is 282 g/mol. The summed E-state index contributed by atoms with van der Waals surface area (Å²) >= 11 is 0. The molecule has 2 aliphatic rings. The fraction of sp³-hybridized carbons (Fsp3) is 0.500. The first-order valence-electron chi connectivity index (χ1n) is 7.89. The van der Waals surface area contributed by atoms with Crippen molar-refractivity contribution in [1.29, 1.82) is 0 Å². The number of likely N-dealkylation sites (tertiary alicyclic amines) is 1. The quantitative estimate of drug-likeness (QED) is 0.804. The van der Waals surface area contributed by atoms with Gasteiger partial charge in [-0.15, -0.1) is 0 Å². The van der Waals surface area contributed by atoms with E-state index in [2.05, 4.69) is 16.7 Å². The van der Waals surface area contributed by atoms with Crippen LogP contribution in [-0.2, 0) is 0 Å². The van der Waals surface area contributed by atoms with E-state index in [0.717, 1.165) is 30.0 Å². The average Bonchev–Trinajstić information content (AvgIpc) is 3.01. The van der Waals surface area contributed by atoms with Gasteiger partial charge in [0.05, 0.1) is 6.54 Å². The minimum absolute atomic E-state index is 0.169. The molecule has 1 aliphatic carbocycles. The molecule has 1 amide bonds. The second-order valence-electron chi connectivity index (χ2n) is 5.99. The first-order valence-corrected chi connectivity index (χ1v) is 7.89. The van der Waals surface area contributed by atoms with Gasteiger partial charge in [-0.2, -0.15) is 0 Å². The number of carbonyl (C=O) groups excluding carboxylic acids is 1. The second kappa shape index (κ2) is 6.32. The number of amides is 1. The summed E-state index contributed by atoms with van der Waals surface area (Å²) in [5.41, 5.74) is 7.02. The van der Waals surface area contributed by atoms with Crippen LogP contribution < -0.4 is 5.73 Å². The summed E-state index contributed by atoms with van der Waals surface area (Å²) in [5, 5.41) is 0. The molecule has 0 aromatic heterocycles. The van der Waals surface area contributed by atoms with E-state index in [4.69, 9.17) is 5.73 Å². The molecule has 2 N–H and O–H groups in total. The molecule has 2 atom stereocenters. The zero-order chi connectivity index (χ0) is 14.7. The van der Waals surface area contributed by atoms with Crippen LogP contribution in [0.25, 0.3) is 0 Å². The summed E-state index contributed by atoms with van der Waals surface area (Å²) in [6, 6.07) is 8.08. The highest BCUT2D eigenvalue weighted by molar-refractivity contribution is 5.95. The lowest BCUT2D eigenvalue weighted by Crippen LogP contribution is -2.46. The fourth-order valence-electron chi connectivity index (χ4n) is 3.76. The van der Waals surface area contributed by atoms with E-state index < -0.39 is 0 Å². The SMILES string of the molecule is NCC#Cc1cccc(C(=O)N2CCCC3CCCC32)c1. The molecular weight excluding hydrogens is 260 g/mol. The van der Waals surface area contributed by atoms with Gasteiger partial charge in [-0.3, -0.25) is 4.79 Å². The highest BCUT2D eigenvalue weighted by Gasteiger charge is 2.37. The molecule has 2 fully saturated rings. The van der Waals surface area contributed by atoms with E-state index in [1.165, 1.54) is 25.7 Å². The van der Waals surface area contributed by atoms with Crippen molar-refractivity contribution in [2.45, 2.75) is 38.1 Å². The minimum Gasteiger partial charge on any atom is -0.335 e. The third-order valence-electron chi connectivity index (χ3n) is 4.70. The third-order valence-corrected chi connectivity index (χ3v) is 4.70. The maximum Gasteiger partial charge on any atom is 0.254 e. The molecule has 3 heteroatoms. The lowest BCUT2D eigenvalue weighted by molar-refractivity contribution is 0.0548. The number of hydrogen-bond acceptors (Lipinski definition) is 2. The van der Waals surface area contributed by atoms with Crippen molar-refractivity contribution in [2.75, 3.05) is 13.1 Å². The van der Waals surface area contributed by atoms with Crippen LogP contribution in [0.5, 0.6) is 0 Å². The largest absolute Gasteiger partial charge is 0.335 e. The van der Waals surface area contributed by atoms with Crippen LogP contribution >= 0.6 is 0 Å². The Morgan fingerprint density at radius 3 is 3.00 bits per heavy atom. The van der Waals surface area contributed by atoms with E-state index in [-0.39, 0.29) is 5.91 Å². The van der Waals surface area contributed by atoms with Crippen molar-refractivity contribution >= 4 is 5.91 Å². The van der Waals surface area contributed by atoms with Crippen molar-refractivity contribution in [3.8, 4) is 11.8 Å². The summed E-state index contributed by atoms with van der Waals surface area (Å²) in [6.07, 6.45) is 6.15. The molecule has 1 aliphatic heterocycles. The van der Waals surface area contributed by atoms with Crippen molar-refractivity contribution in [3.05, 3.63) is 35.4 Å². The number of nitrogens with two attached hydrogens (primary N) is 1. The van der Waals surface area contributed by atoms with Crippen LogP contribution in [0.3, 0.4) is 0 Å². The van der Waals surface area contributed by atoms with Gasteiger partial charge in [0.15, 0.2) is 0 Å². The number of piperidine rings is 1. The van der Waals surface area contributed by atoms with Gasteiger partial charge in [-0.05, 0) is 49.8 Å². The normalized spacial score (nSPS) is 24.1. The first-order chi connectivity index (χ1) is 10.3. The molecule has 1 aromatic carbocycles. The Balaban J connectivity index is 1.81. The van der Waals surface area contributed by atoms with Gasteiger partial charge in [0.25, 0.3) is 5.91 Å². The van der Waals surface area contributed by atoms with Gasteiger partial charge in [0, 0.05) is 23.7 Å². The molecule has 3 rings (SSSR count). The first kappa shape index (κ1) is 14.2. The lowest BCUT2D eigenvalue weighted by atomic mass is 9.91. The van der Waals surface area contributed by atoms with Gasteiger partial charge in [0.2, 0.25) is 0 Å². The van der Waals surface area contributed by atoms with E-state index in [1.807, 2.05) is 24.3 Å². The smallest absolute Gasteiger partial charge is 0.254 e. The Kier molecular flexibility index (Phi) is 4.26. The third kappa shape index (κ3) is 2.96. The molecular formula is C18H22N2O. The topological polar surface area (TPSA) is 46.3 Å². The van der Waals surface area contributed by atoms with Gasteiger partial charge in [-0.25, -0.2) is 0 Å². The van der Waals surface area contributed by atoms with E-state index in [0.29, 0.717) is 12.6 Å². The average molecular weight is 282 g/mol. The Bertz CT molecular complexity index is 584. The van der Waals surface area contributed by atoms with Crippen LogP contribution in [0.1, 0.15) is 48.0 Å². The molecule has 1 saturated heterocycles. The fourth-order valence-corrected chi connectivity index (χ4v) is 3.76. The molecule has 1 aromatic rings. The number of hydrogen-bond donors (Lipinski definition) is 1. The zero-order valence-corrected chi connectivity index (χ0v) is 12.3. The Morgan fingerprint density at radius 2 is 2.14 bits per heavy atom. The molecule has 0 bridgehead atoms. The van der Waals surface area contributed by atoms with Gasteiger partial charge < -0.3 is 10.6 Å². The number of rotatable bonds is 1. The van der Waals surface area contributed by atoms with Crippen LogP contribution in [0.2, 0.25) is 0 Å². The highest BCUT2D eigenvalue weighted by Crippen LogP contribution is 2.37. The van der Waals surface area contributed by atoms with Crippen LogP contribution in [-0.4, -0.2) is 29.9 Å². The second-order valence-corrected chi connectivity index (χ2v) is 5.99. The molecule has 0 radical (unpaired) electrons. The Morgan fingerprint density at radius 1 is 1.29 bits per heavy atom. The predicted octanol–water partition coefficient (Wildman–Crippen LogP) is 2.40. The summed E-state index contributed by atoms with van der Waals surface area (Å²) in [5.74, 6) is 6.74. The van der Waals surface area contributed by atoms with Crippen molar-refractivity contribution < 1.29 is 4.79 Å². The summed E-state index contributed by atoms with van der Waals surface area (Å²) < 4.78 is 0. The zero-order valence-electron chi connectivity index (χ0n) is 12.3. The molecule has 2 unspecified atom stereocenters. The van der Waals surface area contributed by atoms with E-state index in [1.54, 1.807) is 0 Å². The Hall–Kier alpha value is -1.79. The molecule has 0 spiro atoms.